The Labute approximate surface area is 124 Å². The summed E-state index contributed by atoms with van der Waals surface area (Å²) in [7, 11) is 0. The summed E-state index contributed by atoms with van der Waals surface area (Å²) in [6, 6.07) is 5.26. The van der Waals surface area contributed by atoms with E-state index in [1.807, 2.05) is 13.0 Å². The molecule has 0 aliphatic carbocycles. The van der Waals surface area contributed by atoms with Gasteiger partial charge in [0.1, 0.15) is 24.5 Å². The molecule has 0 spiro atoms. The summed E-state index contributed by atoms with van der Waals surface area (Å²) in [6.45, 7) is 2.59. The lowest BCUT2D eigenvalue weighted by Crippen LogP contribution is -2.14. The monoisotopic (exact) mass is 305 g/mol. The second kappa shape index (κ2) is 5.92. The smallest absolute Gasteiger partial charge is 0.254 e. The molecular formula is C14H13F2N5O. The van der Waals surface area contributed by atoms with Crippen LogP contribution in [0.1, 0.15) is 5.69 Å². The predicted molar refractivity (Wildman–Crippen MR) is 75.9 cm³/mol. The summed E-state index contributed by atoms with van der Waals surface area (Å²) in [4.78, 5) is 8.26. The predicted octanol–water partition coefficient (Wildman–Crippen LogP) is 2.20. The average Bonchev–Trinajstić information content (AvgIpc) is 2.95. The molecule has 8 heteroatoms. The molecule has 3 aromatic rings. The van der Waals surface area contributed by atoms with E-state index in [0.717, 1.165) is 23.6 Å². The number of hydrogen-bond acceptors (Lipinski definition) is 5. The Morgan fingerprint density at radius 3 is 2.91 bits per heavy atom. The maximum Gasteiger partial charge on any atom is 0.254 e. The second-order valence-electron chi connectivity index (χ2n) is 4.61. The molecule has 0 radical (unpaired) electrons. The number of hydrogen-bond donors (Lipinski definition) is 1. The standard InChI is InChI=1S/C14H13F2N5O/c1-9-6-13(21-14(20-9)18-8-19-21)17-4-5-22-10-2-3-11(15)12(16)7-10/h2-3,6-8,17H,4-5H2,1H3. The van der Waals surface area contributed by atoms with Gasteiger partial charge < -0.3 is 10.1 Å². The lowest BCUT2D eigenvalue weighted by atomic mass is 10.3. The van der Waals surface area contributed by atoms with E-state index in [2.05, 4.69) is 20.4 Å². The first-order valence-corrected chi connectivity index (χ1v) is 6.62. The zero-order valence-corrected chi connectivity index (χ0v) is 11.8. The van der Waals surface area contributed by atoms with Gasteiger partial charge in [-0.05, 0) is 19.1 Å². The summed E-state index contributed by atoms with van der Waals surface area (Å²) < 4.78 is 32.8. The highest BCUT2D eigenvalue weighted by Crippen LogP contribution is 2.15. The van der Waals surface area contributed by atoms with Crippen molar-refractivity contribution >= 4 is 11.6 Å². The van der Waals surface area contributed by atoms with Gasteiger partial charge in [-0.15, -0.1) is 0 Å². The van der Waals surface area contributed by atoms with Crippen LogP contribution in [0.15, 0.2) is 30.6 Å². The molecule has 1 aromatic carbocycles. The van der Waals surface area contributed by atoms with Gasteiger partial charge in [0, 0.05) is 17.8 Å². The first-order chi connectivity index (χ1) is 10.6. The first kappa shape index (κ1) is 14.2. The van der Waals surface area contributed by atoms with Crippen molar-refractivity contribution in [2.24, 2.45) is 0 Å². The zero-order chi connectivity index (χ0) is 15.5. The molecule has 3 rings (SSSR count). The van der Waals surface area contributed by atoms with Crippen LogP contribution in [0, 0.1) is 18.6 Å². The molecule has 1 N–H and O–H groups in total. The van der Waals surface area contributed by atoms with E-state index in [4.69, 9.17) is 4.74 Å². The minimum Gasteiger partial charge on any atom is -0.492 e. The Kier molecular flexibility index (Phi) is 3.82. The molecule has 0 atom stereocenters. The molecule has 2 heterocycles. The number of rotatable bonds is 5. The van der Waals surface area contributed by atoms with Gasteiger partial charge in [0.25, 0.3) is 5.78 Å². The largest absolute Gasteiger partial charge is 0.492 e. The van der Waals surface area contributed by atoms with Gasteiger partial charge in [-0.2, -0.15) is 14.6 Å². The van der Waals surface area contributed by atoms with E-state index >= 15 is 0 Å². The number of halogens is 2. The van der Waals surface area contributed by atoms with Crippen molar-refractivity contribution in [2.75, 3.05) is 18.5 Å². The third-order valence-electron chi connectivity index (χ3n) is 2.95. The number of benzene rings is 1. The fourth-order valence-corrected chi connectivity index (χ4v) is 1.97. The zero-order valence-electron chi connectivity index (χ0n) is 11.8. The highest BCUT2D eigenvalue weighted by Gasteiger charge is 2.06. The Morgan fingerprint density at radius 1 is 1.23 bits per heavy atom. The van der Waals surface area contributed by atoms with Gasteiger partial charge in [0.15, 0.2) is 11.6 Å². The maximum absolute atomic E-state index is 13.0. The number of ether oxygens (including phenoxy) is 1. The molecule has 6 nitrogen and oxygen atoms in total. The molecule has 114 valence electrons. The quantitative estimate of drug-likeness (QED) is 0.732. The van der Waals surface area contributed by atoms with E-state index in [0.29, 0.717) is 12.3 Å². The van der Waals surface area contributed by atoms with E-state index in [-0.39, 0.29) is 12.4 Å². The van der Waals surface area contributed by atoms with Crippen LogP contribution in [0.4, 0.5) is 14.6 Å². The van der Waals surface area contributed by atoms with Gasteiger partial charge in [0.05, 0.1) is 6.54 Å². The molecule has 0 fully saturated rings. The SMILES string of the molecule is Cc1cc(NCCOc2ccc(F)c(F)c2)n2ncnc2n1. The highest BCUT2D eigenvalue weighted by molar-refractivity contribution is 5.44. The van der Waals surface area contributed by atoms with Gasteiger partial charge in [-0.3, -0.25) is 0 Å². The molecule has 0 aliphatic heterocycles. The summed E-state index contributed by atoms with van der Waals surface area (Å²) in [5.41, 5.74) is 0.810. The molecule has 0 amide bonds. The first-order valence-electron chi connectivity index (χ1n) is 6.62. The Bertz CT molecular complexity index is 805. The second-order valence-corrected chi connectivity index (χ2v) is 4.61. The van der Waals surface area contributed by atoms with Crippen molar-refractivity contribution in [1.29, 1.82) is 0 Å². The Hall–Kier alpha value is -2.77. The minimum absolute atomic E-state index is 0.275. The van der Waals surface area contributed by atoms with Crippen molar-refractivity contribution in [2.45, 2.75) is 6.92 Å². The van der Waals surface area contributed by atoms with Crippen LogP contribution >= 0.6 is 0 Å². The fourth-order valence-electron chi connectivity index (χ4n) is 1.97. The fraction of sp³-hybridized carbons (Fsp3) is 0.214. The van der Waals surface area contributed by atoms with Gasteiger partial charge in [-0.25, -0.2) is 13.8 Å². The molecule has 0 aliphatic rings. The molecule has 2 aromatic heterocycles. The summed E-state index contributed by atoms with van der Waals surface area (Å²) in [5.74, 6) is -0.318. The molecule has 0 saturated heterocycles. The average molecular weight is 305 g/mol. The third-order valence-corrected chi connectivity index (χ3v) is 2.95. The van der Waals surface area contributed by atoms with Crippen LogP contribution in [0.2, 0.25) is 0 Å². The number of aromatic nitrogens is 4. The minimum atomic E-state index is -0.931. The van der Waals surface area contributed by atoms with Crippen LogP contribution in [0.3, 0.4) is 0 Å². The van der Waals surface area contributed by atoms with Crippen LogP contribution < -0.4 is 10.1 Å². The lowest BCUT2D eigenvalue weighted by Gasteiger charge is -2.10. The van der Waals surface area contributed by atoms with Gasteiger partial charge >= 0.3 is 0 Å². The van der Waals surface area contributed by atoms with Crippen LogP contribution in [0.25, 0.3) is 5.78 Å². The Balaban J connectivity index is 1.60. The van der Waals surface area contributed by atoms with Crippen molar-refractivity contribution in [3.05, 3.63) is 47.9 Å². The Morgan fingerprint density at radius 2 is 2.09 bits per heavy atom. The van der Waals surface area contributed by atoms with Crippen LogP contribution in [-0.2, 0) is 0 Å². The number of aryl methyl sites for hydroxylation is 1. The van der Waals surface area contributed by atoms with Gasteiger partial charge in [0.2, 0.25) is 0 Å². The van der Waals surface area contributed by atoms with Crippen molar-refractivity contribution in [3.63, 3.8) is 0 Å². The van der Waals surface area contributed by atoms with Crippen LogP contribution in [-0.4, -0.2) is 32.7 Å². The normalized spacial score (nSPS) is 10.9. The van der Waals surface area contributed by atoms with E-state index < -0.39 is 11.6 Å². The topological polar surface area (TPSA) is 64.3 Å². The maximum atomic E-state index is 13.0. The summed E-state index contributed by atoms with van der Waals surface area (Å²) >= 11 is 0. The number of nitrogens with one attached hydrogen (secondary N) is 1. The highest BCUT2D eigenvalue weighted by atomic mass is 19.2. The van der Waals surface area contributed by atoms with Crippen molar-refractivity contribution in [3.8, 4) is 5.75 Å². The van der Waals surface area contributed by atoms with E-state index in [9.17, 15) is 8.78 Å². The number of nitrogens with zero attached hydrogens (tertiary/aromatic N) is 4. The van der Waals surface area contributed by atoms with Gasteiger partial charge in [-0.1, -0.05) is 0 Å². The van der Waals surface area contributed by atoms with Crippen molar-refractivity contribution < 1.29 is 13.5 Å². The molecule has 0 bridgehead atoms. The number of fused-ring (bicyclic) bond motifs is 1. The molecule has 0 unspecified atom stereocenters. The summed E-state index contributed by atoms with van der Waals surface area (Å²) in [5, 5.41) is 7.20. The molecule has 0 saturated carbocycles. The number of anilines is 1. The molecular weight excluding hydrogens is 292 g/mol. The lowest BCUT2D eigenvalue weighted by molar-refractivity contribution is 0.329. The third kappa shape index (κ3) is 2.95. The van der Waals surface area contributed by atoms with E-state index in [1.165, 1.54) is 12.4 Å². The van der Waals surface area contributed by atoms with Crippen molar-refractivity contribution in [1.82, 2.24) is 19.6 Å². The van der Waals surface area contributed by atoms with E-state index in [1.54, 1.807) is 4.52 Å². The summed E-state index contributed by atoms with van der Waals surface area (Å²) in [6.07, 6.45) is 1.42. The molecule has 22 heavy (non-hydrogen) atoms. The van der Waals surface area contributed by atoms with Crippen LogP contribution in [0.5, 0.6) is 5.75 Å².